The predicted octanol–water partition coefficient (Wildman–Crippen LogP) is 5.16. The molecule has 4 aliphatic rings. The number of likely N-dealkylation sites (tertiary alicyclic amines) is 1. The van der Waals surface area contributed by atoms with Crippen molar-refractivity contribution in [2.24, 2.45) is 11.8 Å². The quantitative estimate of drug-likeness (QED) is 0.249. The third-order valence-corrected chi connectivity index (χ3v) is 9.74. The fraction of sp³-hybridized carbons (Fsp3) is 0.424. The molecular formula is C33H33ClN4O6. The Labute approximate surface area is 259 Å². The number of aromatic nitrogens is 3. The van der Waals surface area contributed by atoms with Crippen LogP contribution in [0.15, 0.2) is 48.7 Å². The summed E-state index contributed by atoms with van der Waals surface area (Å²) in [5, 5.41) is 0.570. The van der Waals surface area contributed by atoms with Crippen molar-refractivity contribution < 1.29 is 28.5 Å². The number of hydrogen-bond acceptors (Lipinski definition) is 9. The molecule has 1 aliphatic carbocycles. The molecule has 228 valence electrons. The van der Waals surface area contributed by atoms with E-state index in [4.69, 9.17) is 40.3 Å². The molecule has 3 fully saturated rings. The molecule has 44 heavy (non-hydrogen) atoms. The maximum absolute atomic E-state index is 12.4. The lowest BCUT2D eigenvalue weighted by Crippen LogP contribution is -2.33. The second-order valence-corrected chi connectivity index (χ2v) is 12.6. The number of halogens is 1. The van der Waals surface area contributed by atoms with Crippen LogP contribution in [0, 0.1) is 11.8 Å². The number of para-hydroxylation sites is 1. The molecule has 0 spiro atoms. The summed E-state index contributed by atoms with van der Waals surface area (Å²) >= 11 is 6.06. The number of pyridine rings is 1. The summed E-state index contributed by atoms with van der Waals surface area (Å²) in [6.45, 7) is 5.97. The van der Waals surface area contributed by atoms with Crippen molar-refractivity contribution in [3.63, 3.8) is 0 Å². The number of esters is 1. The zero-order valence-electron chi connectivity index (χ0n) is 24.8. The second-order valence-electron chi connectivity index (χ2n) is 12.2. The number of nitrogens with zero attached hydrogens (tertiary/aromatic N) is 4. The maximum Gasteiger partial charge on any atom is 0.338 e. The Kier molecular flexibility index (Phi) is 6.51. The van der Waals surface area contributed by atoms with Gasteiger partial charge in [0.15, 0.2) is 11.5 Å². The van der Waals surface area contributed by atoms with Crippen LogP contribution in [0.5, 0.6) is 17.2 Å². The number of hydrogen-bond donors (Lipinski definition) is 0. The fourth-order valence-electron chi connectivity index (χ4n) is 7.15. The average molecular weight is 617 g/mol. The van der Waals surface area contributed by atoms with Gasteiger partial charge in [-0.05, 0) is 54.5 Å². The van der Waals surface area contributed by atoms with Gasteiger partial charge in [-0.15, -0.1) is 0 Å². The molecule has 5 heterocycles. The summed E-state index contributed by atoms with van der Waals surface area (Å²) < 4.78 is 31.4. The van der Waals surface area contributed by atoms with Gasteiger partial charge in [0.25, 0.3) is 5.79 Å². The number of ether oxygens (including phenoxy) is 5. The Balaban J connectivity index is 1.02. The summed E-state index contributed by atoms with van der Waals surface area (Å²) in [4.78, 5) is 24.4. The highest BCUT2D eigenvalue weighted by atomic mass is 35.5. The van der Waals surface area contributed by atoms with Gasteiger partial charge >= 0.3 is 5.97 Å². The largest absolute Gasteiger partial charge is 0.494 e. The number of imidazole rings is 1. The van der Waals surface area contributed by atoms with Crippen LogP contribution >= 0.6 is 11.6 Å². The van der Waals surface area contributed by atoms with E-state index < -0.39 is 11.8 Å². The molecule has 11 heteroatoms. The van der Waals surface area contributed by atoms with Crippen molar-refractivity contribution in [3.8, 4) is 17.2 Å². The molecule has 2 aromatic heterocycles. The second kappa shape index (κ2) is 10.4. The average Bonchev–Trinajstić information content (AvgIpc) is 3.29. The van der Waals surface area contributed by atoms with Gasteiger partial charge in [0.05, 0.1) is 49.5 Å². The minimum atomic E-state index is -1.00. The Morgan fingerprint density at radius 1 is 1.14 bits per heavy atom. The molecule has 2 aromatic carbocycles. The monoisotopic (exact) mass is 616 g/mol. The van der Waals surface area contributed by atoms with Crippen LogP contribution in [0.2, 0.25) is 5.02 Å². The first-order valence-corrected chi connectivity index (χ1v) is 15.4. The number of methoxy groups -OCH3 is 2. The van der Waals surface area contributed by atoms with Crippen molar-refractivity contribution in [2.45, 2.75) is 44.2 Å². The number of benzene rings is 2. The van der Waals surface area contributed by atoms with E-state index >= 15 is 0 Å². The molecule has 3 aliphatic heterocycles. The molecule has 0 amide bonds. The van der Waals surface area contributed by atoms with Crippen LogP contribution in [0.3, 0.4) is 0 Å². The standard InChI is InChI=1S/C33H33ClN4O6/c1-33(27-8-7-19(34)13-35-27)43-25-6-4-5-21(31(25)44-33)29-22-15-37(16-23(22)29)17-28-36-30-24(38(28)14-20-9-10-42-20)11-18(32(39)41-3)12-26(30)40-2/h4-8,11-13,20,22-23,29H,9-10,14-17H2,1-3H3/t20-,22-,23+,29+,33+/m0/s1. The van der Waals surface area contributed by atoms with Crippen molar-refractivity contribution in [2.75, 3.05) is 33.9 Å². The summed E-state index contributed by atoms with van der Waals surface area (Å²) in [5.74, 6) is 3.12. The molecule has 0 unspecified atom stereocenters. The first-order valence-electron chi connectivity index (χ1n) is 15.0. The highest BCUT2D eigenvalue weighted by Gasteiger charge is 2.58. The Hall–Kier alpha value is -3.86. The van der Waals surface area contributed by atoms with Crippen molar-refractivity contribution >= 4 is 28.6 Å². The minimum absolute atomic E-state index is 0.131. The van der Waals surface area contributed by atoms with Crippen molar-refractivity contribution in [1.82, 2.24) is 19.4 Å². The first kappa shape index (κ1) is 27.7. The molecule has 2 saturated heterocycles. The van der Waals surface area contributed by atoms with Gasteiger partial charge in [-0.25, -0.2) is 9.78 Å². The Bertz CT molecular complexity index is 1760. The molecule has 0 radical (unpaired) electrons. The summed E-state index contributed by atoms with van der Waals surface area (Å²) in [6.07, 6.45) is 2.75. The van der Waals surface area contributed by atoms with Crippen LogP contribution in [-0.2, 0) is 28.4 Å². The van der Waals surface area contributed by atoms with Gasteiger partial charge < -0.3 is 28.3 Å². The topological polar surface area (TPSA) is 97.2 Å². The number of fused-ring (bicyclic) bond motifs is 3. The van der Waals surface area contributed by atoms with Crippen LogP contribution in [0.1, 0.15) is 46.7 Å². The molecule has 4 aromatic rings. The SMILES string of the molecule is COC(=O)c1cc(OC)c2nc(CN3C[C@@H]4[C@H](C3)[C@H]4c3cccc4c3O[C@](C)(c3ccc(Cl)cn3)O4)n(C[C@@H]3CCO3)c2c1. The normalized spacial score (nSPS) is 26.8. The molecular weight excluding hydrogens is 584 g/mol. The molecule has 0 N–H and O–H groups in total. The van der Waals surface area contributed by atoms with Crippen LogP contribution in [-0.4, -0.2) is 65.4 Å². The number of carbonyl (C=O) groups is 1. The van der Waals surface area contributed by atoms with E-state index in [-0.39, 0.29) is 6.10 Å². The van der Waals surface area contributed by atoms with Crippen LogP contribution < -0.4 is 14.2 Å². The Morgan fingerprint density at radius 3 is 2.64 bits per heavy atom. The van der Waals surface area contributed by atoms with E-state index in [1.54, 1.807) is 25.4 Å². The number of rotatable bonds is 8. The van der Waals surface area contributed by atoms with Gasteiger partial charge in [-0.1, -0.05) is 23.7 Å². The molecule has 5 atom stereocenters. The van der Waals surface area contributed by atoms with E-state index in [0.29, 0.717) is 52.9 Å². The van der Waals surface area contributed by atoms with E-state index in [9.17, 15) is 4.79 Å². The summed E-state index contributed by atoms with van der Waals surface area (Å²) in [7, 11) is 2.98. The van der Waals surface area contributed by atoms with Gasteiger partial charge in [-0.2, -0.15) is 0 Å². The lowest BCUT2D eigenvalue weighted by Gasteiger charge is -2.28. The number of carbonyl (C=O) groups excluding carboxylic acids is 1. The van der Waals surface area contributed by atoms with E-state index in [1.165, 1.54) is 12.7 Å². The molecule has 0 bridgehead atoms. The highest BCUT2D eigenvalue weighted by molar-refractivity contribution is 6.30. The fourth-order valence-corrected chi connectivity index (χ4v) is 7.26. The van der Waals surface area contributed by atoms with Crippen LogP contribution in [0.4, 0.5) is 0 Å². The first-order chi connectivity index (χ1) is 21.3. The molecule has 10 nitrogen and oxygen atoms in total. The van der Waals surface area contributed by atoms with Gasteiger partial charge in [0, 0.05) is 38.4 Å². The maximum atomic E-state index is 12.4. The van der Waals surface area contributed by atoms with Crippen molar-refractivity contribution in [1.29, 1.82) is 0 Å². The van der Waals surface area contributed by atoms with Gasteiger partial charge in [-0.3, -0.25) is 9.88 Å². The Morgan fingerprint density at radius 2 is 1.95 bits per heavy atom. The highest BCUT2D eigenvalue weighted by Crippen LogP contribution is 2.62. The predicted molar refractivity (Wildman–Crippen MR) is 161 cm³/mol. The van der Waals surface area contributed by atoms with Crippen LogP contribution in [0.25, 0.3) is 11.0 Å². The number of piperidine rings is 1. The van der Waals surface area contributed by atoms with Gasteiger partial charge in [0.1, 0.15) is 22.8 Å². The third-order valence-electron chi connectivity index (χ3n) is 9.52. The van der Waals surface area contributed by atoms with E-state index in [1.807, 2.05) is 31.2 Å². The molecule has 1 saturated carbocycles. The van der Waals surface area contributed by atoms with E-state index in [0.717, 1.165) is 54.5 Å². The summed E-state index contributed by atoms with van der Waals surface area (Å²) in [5.41, 5.74) is 3.91. The third kappa shape index (κ3) is 4.50. The van der Waals surface area contributed by atoms with E-state index in [2.05, 4.69) is 20.5 Å². The zero-order valence-corrected chi connectivity index (χ0v) is 25.5. The van der Waals surface area contributed by atoms with Gasteiger partial charge in [0.2, 0.25) is 0 Å². The lowest BCUT2D eigenvalue weighted by atomic mass is 10.0. The lowest BCUT2D eigenvalue weighted by molar-refractivity contribution is -0.0721. The zero-order chi connectivity index (χ0) is 30.2. The minimum Gasteiger partial charge on any atom is -0.494 e. The summed E-state index contributed by atoms with van der Waals surface area (Å²) in [6, 6.07) is 13.4. The molecule has 8 rings (SSSR count). The smallest absolute Gasteiger partial charge is 0.338 e. The van der Waals surface area contributed by atoms with Crippen molar-refractivity contribution in [3.05, 3.63) is 76.3 Å².